The average Bonchev–Trinajstić information content (AvgIpc) is 2.38. The summed E-state index contributed by atoms with van der Waals surface area (Å²) in [6.07, 6.45) is 3.42. The molecule has 3 heteroatoms. The molecule has 0 fully saturated rings. The van der Waals surface area contributed by atoms with Crippen LogP contribution in [0.2, 0.25) is 0 Å². The highest BCUT2D eigenvalue weighted by Crippen LogP contribution is 2.24. The van der Waals surface area contributed by atoms with Gasteiger partial charge in [0.1, 0.15) is 0 Å². The molecule has 0 saturated heterocycles. The molecule has 0 amide bonds. The summed E-state index contributed by atoms with van der Waals surface area (Å²) in [5, 5.41) is 1.04. The average molecular weight is 222 g/mol. The fraction of sp³-hybridized carbons (Fsp3) is 0. The van der Waals surface area contributed by atoms with Crippen LogP contribution >= 0.6 is 0 Å². The van der Waals surface area contributed by atoms with Crippen LogP contribution in [0.25, 0.3) is 22.2 Å². The number of benzene rings is 1. The van der Waals surface area contributed by atoms with E-state index in [-0.39, 0.29) is 5.43 Å². The van der Waals surface area contributed by atoms with E-state index >= 15 is 0 Å². The molecule has 0 saturated carbocycles. The Balaban J connectivity index is 2.34. The largest absolute Gasteiger partial charge is 0.361 e. The van der Waals surface area contributed by atoms with E-state index in [0.29, 0.717) is 0 Å². The van der Waals surface area contributed by atoms with Crippen LogP contribution in [0.5, 0.6) is 0 Å². The fourth-order valence-corrected chi connectivity index (χ4v) is 1.94. The van der Waals surface area contributed by atoms with E-state index in [1.807, 2.05) is 30.3 Å². The van der Waals surface area contributed by atoms with Crippen molar-refractivity contribution in [3.05, 3.63) is 65.1 Å². The molecule has 0 unspecified atom stereocenters. The first-order valence-electron chi connectivity index (χ1n) is 5.37. The predicted octanol–water partition coefficient (Wildman–Crippen LogP) is 2.59. The van der Waals surface area contributed by atoms with Crippen molar-refractivity contribution in [2.45, 2.75) is 0 Å². The zero-order chi connectivity index (χ0) is 11.7. The van der Waals surface area contributed by atoms with Gasteiger partial charge in [-0.25, -0.2) is 0 Å². The molecular weight excluding hydrogens is 212 g/mol. The van der Waals surface area contributed by atoms with E-state index in [0.717, 1.165) is 22.2 Å². The van der Waals surface area contributed by atoms with E-state index in [1.165, 1.54) is 6.07 Å². The lowest BCUT2D eigenvalue weighted by molar-refractivity contribution is 1.31. The second-order valence-electron chi connectivity index (χ2n) is 3.81. The number of aromatic amines is 1. The Hall–Kier alpha value is -2.42. The zero-order valence-corrected chi connectivity index (χ0v) is 9.05. The standard InChI is InChI=1S/C14H10N2O/c17-10-6-8-16-14(9-10)12-3-1-5-13-11(12)4-2-7-15-13/h1-9H,(H,16,17). The van der Waals surface area contributed by atoms with Gasteiger partial charge in [0.15, 0.2) is 5.43 Å². The Morgan fingerprint density at radius 3 is 2.88 bits per heavy atom. The summed E-state index contributed by atoms with van der Waals surface area (Å²) in [5.41, 5.74) is 2.73. The third-order valence-electron chi connectivity index (χ3n) is 2.71. The molecule has 2 aromatic heterocycles. The minimum atomic E-state index is -0.000330. The van der Waals surface area contributed by atoms with Gasteiger partial charge in [0.05, 0.1) is 5.52 Å². The van der Waals surface area contributed by atoms with Gasteiger partial charge in [-0.2, -0.15) is 0 Å². The molecular formula is C14H10N2O. The smallest absolute Gasteiger partial charge is 0.182 e. The normalized spacial score (nSPS) is 10.6. The van der Waals surface area contributed by atoms with Gasteiger partial charge in [-0.1, -0.05) is 18.2 Å². The van der Waals surface area contributed by atoms with Gasteiger partial charge in [-0.05, 0) is 12.1 Å². The SMILES string of the molecule is O=c1cc[nH]c(-c2cccc3ncccc23)c1. The second kappa shape index (κ2) is 3.87. The van der Waals surface area contributed by atoms with Crippen molar-refractivity contribution in [2.24, 2.45) is 0 Å². The molecule has 17 heavy (non-hydrogen) atoms. The highest BCUT2D eigenvalue weighted by molar-refractivity contribution is 5.93. The number of rotatable bonds is 1. The molecule has 1 aromatic carbocycles. The molecule has 0 atom stereocenters. The Morgan fingerprint density at radius 2 is 2.00 bits per heavy atom. The Bertz CT molecular complexity index is 726. The predicted molar refractivity (Wildman–Crippen MR) is 67.8 cm³/mol. The minimum absolute atomic E-state index is 0.000330. The molecule has 3 rings (SSSR count). The maximum atomic E-state index is 11.4. The molecule has 0 aliphatic rings. The van der Waals surface area contributed by atoms with Gasteiger partial charge in [0, 0.05) is 41.2 Å². The highest BCUT2D eigenvalue weighted by atomic mass is 16.1. The van der Waals surface area contributed by atoms with Crippen molar-refractivity contribution in [3.8, 4) is 11.3 Å². The van der Waals surface area contributed by atoms with Crippen molar-refractivity contribution in [2.75, 3.05) is 0 Å². The number of nitrogens with one attached hydrogen (secondary N) is 1. The van der Waals surface area contributed by atoms with E-state index in [1.54, 1.807) is 18.5 Å². The lowest BCUT2D eigenvalue weighted by Gasteiger charge is -2.05. The number of hydrogen-bond acceptors (Lipinski definition) is 2. The van der Waals surface area contributed by atoms with E-state index in [2.05, 4.69) is 9.97 Å². The van der Waals surface area contributed by atoms with Crippen molar-refractivity contribution < 1.29 is 0 Å². The number of nitrogens with zero attached hydrogens (tertiary/aromatic N) is 1. The second-order valence-corrected chi connectivity index (χ2v) is 3.81. The highest BCUT2D eigenvalue weighted by Gasteiger charge is 2.04. The first-order chi connectivity index (χ1) is 8.34. The Morgan fingerprint density at radius 1 is 1.06 bits per heavy atom. The van der Waals surface area contributed by atoms with Crippen LogP contribution in [0.15, 0.2) is 59.7 Å². The van der Waals surface area contributed by atoms with E-state index in [9.17, 15) is 4.79 Å². The van der Waals surface area contributed by atoms with Crippen LogP contribution in [-0.4, -0.2) is 9.97 Å². The first-order valence-corrected chi connectivity index (χ1v) is 5.37. The third-order valence-corrected chi connectivity index (χ3v) is 2.71. The summed E-state index contributed by atoms with van der Waals surface area (Å²) < 4.78 is 0. The van der Waals surface area contributed by atoms with Gasteiger partial charge in [0.25, 0.3) is 0 Å². The summed E-state index contributed by atoms with van der Waals surface area (Å²) in [5.74, 6) is 0. The summed E-state index contributed by atoms with van der Waals surface area (Å²) in [6.45, 7) is 0. The van der Waals surface area contributed by atoms with Crippen LogP contribution in [-0.2, 0) is 0 Å². The van der Waals surface area contributed by atoms with Gasteiger partial charge in [-0.15, -0.1) is 0 Å². The molecule has 0 spiro atoms. The molecule has 0 aliphatic heterocycles. The lowest BCUT2D eigenvalue weighted by Crippen LogP contribution is -1.98. The van der Waals surface area contributed by atoms with Crippen molar-refractivity contribution in [1.82, 2.24) is 9.97 Å². The molecule has 1 N–H and O–H groups in total. The monoisotopic (exact) mass is 222 g/mol. The molecule has 82 valence electrons. The summed E-state index contributed by atoms with van der Waals surface area (Å²) >= 11 is 0. The van der Waals surface area contributed by atoms with E-state index in [4.69, 9.17) is 0 Å². The quantitative estimate of drug-likeness (QED) is 0.687. The number of hydrogen-bond donors (Lipinski definition) is 1. The number of aromatic nitrogens is 2. The topological polar surface area (TPSA) is 45.8 Å². The summed E-state index contributed by atoms with van der Waals surface area (Å²) in [4.78, 5) is 18.8. The summed E-state index contributed by atoms with van der Waals surface area (Å²) in [7, 11) is 0. The van der Waals surface area contributed by atoms with Crippen molar-refractivity contribution in [3.63, 3.8) is 0 Å². The maximum Gasteiger partial charge on any atom is 0.182 e. The Kier molecular flexibility index (Phi) is 2.22. The van der Waals surface area contributed by atoms with Crippen LogP contribution in [0, 0.1) is 0 Å². The molecule has 0 aliphatic carbocycles. The van der Waals surface area contributed by atoms with E-state index < -0.39 is 0 Å². The van der Waals surface area contributed by atoms with Gasteiger partial charge >= 0.3 is 0 Å². The number of fused-ring (bicyclic) bond motifs is 1. The zero-order valence-electron chi connectivity index (χ0n) is 9.05. The first kappa shape index (κ1) is 9.78. The third kappa shape index (κ3) is 1.72. The van der Waals surface area contributed by atoms with Crippen molar-refractivity contribution >= 4 is 10.9 Å². The fourth-order valence-electron chi connectivity index (χ4n) is 1.94. The molecule has 2 heterocycles. The lowest BCUT2D eigenvalue weighted by atomic mass is 10.1. The molecule has 3 nitrogen and oxygen atoms in total. The van der Waals surface area contributed by atoms with Gasteiger partial charge < -0.3 is 4.98 Å². The van der Waals surface area contributed by atoms with Gasteiger partial charge in [0.2, 0.25) is 0 Å². The van der Waals surface area contributed by atoms with Crippen LogP contribution in [0.3, 0.4) is 0 Å². The minimum Gasteiger partial charge on any atom is -0.361 e. The van der Waals surface area contributed by atoms with Crippen molar-refractivity contribution in [1.29, 1.82) is 0 Å². The van der Waals surface area contributed by atoms with Crippen LogP contribution in [0.1, 0.15) is 0 Å². The van der Waals surface area contributed by atoms with Gasteiger partial charge in [-0.3, -0.25) is 9.78 Å². The molecule has 0 radical (unpaired) electrons. The maximum absolute atomic E-state index is 11.4. The number of pyridine rings is 2. The molecule has 3 aromatic rings. The summed E-state index contributed by atoms with van der Waals surface area (Å²) in [6, 6.07) is 12.9. The van der Waals surface area contributed by atoms with Crippen LogP contribution < -0.4 is 5.43 Å². The number of H-pyrrole nitrogens is 1. The Labute approximate surface area is 97.8 Å². The molecule has 0 bridgehead atoms. The van der Waals surface area contributed by atoms with Crippen LogP contribution in [0.4, 0.5) is 0 Å².